The number of non-ortho nitro benzene ring substituents is 1. The van der Waals surface area contributed by atoms with Crippen molar-refractivity contribution in [3.05, 3.63) is 94.5 Å². The topological polar surface area (TPSA) is 58.7 Å². The third-order valence-electron chi connectivity index (χ3n) is 4.54. The molecular weight excluding hydrogens is 326 g/mol. The van der Waals surface area contributed by atoms with Crippen LogP contribution in [-0.4, -0.2) is 11.1 Å². The molecule has 0 fully saturated rings. The van der Waals surface area contributed by atoms with E-state index in [1.807, 2.05) is 53.7 Å². The summed E-state index contributed by atoms with van der Waals surface area (Å²) in [6.07, 6.45) is 2.66. The quantitative estimate of drug-likeness (QED) is 0.483. The minimum absolute atomic E-state index is 0.0434. The van der Waals surface area contributed by atoms with Gasteiger partial charge < -0.3 is 0 Å². The van der Waals surface area contributed by atoms with Crippen molar-refractivity contribution in [2.75, 3.05) is 5.01 Å². The van der Waals surface area contributed by atoms with Crippen LogP contribution in [0, 0.1) is 10.1 Å². The summed E-state index contributed by atoms with van der Waals surface area (Å²) >= 11 is 0. The second kappa shape index (κ2) is 6.80. The van der Waals surface area contributed by atoms with Gasteiger partial charge in [0.15, 0.2) is 0 Å². The van der Waals surface area contributed by atoms with Gasteiger partial charge in [-0.3, -0.25) is 15.1 Å². The van der Waals surface area contributed by atoms with Crippen molar-refractivity contribution in [1.82, 2.24) is 0 Å². The summed E-state index contributed by atoms with van der Waals surface area (Å²) in [4.78, 5) is 10.5. The van der Waals surface area contributed by atoms with Gasteiger partial charge in [0, 0.05) is 24.8 Å². The summed E-state index contributed by atoms with van der Waals surface area (Å²) in [7, 11) is 0. The number of hydrogen-bond acceptors (Lipinski definition) is 4. The predicted octanol–water partition coefficient (Wildman–Crippen LogP) is 5.20. The first-order valence-electron chi connectivity index (χ1n) is 8.44. The highest BCUT2D eigenvalue weighted by Gasteiger charge is 2.24. The molecule has 1 aliphatic heterocycles. The molecule has 26 heavy (non-hydrogen) atoms. The molecule has 1 heterocycles. The average molecular weight is 343 g/mol. The van der Waals surface area contributed by atoms with Gasteiger partial charge in [-0.1, -0.05) is 54.6 Å². The summed E-state index contributed by atoms with van der Waals surface area (Å²) in [5.41, 5.74) is 4.41. The second-order valence-electron chi connectivity index (χ2n) is 6.16. The van der Waals surface area contributed by atoms with Crippen LogP contribution in [-0.2, 0) is 0 Å². The fourth-order valence-electron chi connectivity index (χ4n) is 3.22. The summed E-state index contributed by atoms with van der Waals surface area (Å²) in [5.74, 6) is 0. The van der Waals surface area contributed by atoms with Gasteiger partial charge in [-0.2, -0.15) is 5.10 Å². The molecule has 0 aromatic heterocycles. The Hall–Kier alpha value is -3.47. The number of benzene rings is 3. The summed E-state index contributed by atoms with van der Waals surface area (Å²) in [6.45, 7) is 0. The van der Waals surface area contributed by atoms with Gasteiger partial charge in [-0.25, -0.2) is 0 Å². The number of anilines is 1. The summed E-state index contributed by atoms with van der Waals surface area (Å²) in [6, 6.07) is 25.2. The van der Waals surface area contributed by atoms with Crippen molar-refractivity contribution in [1.29, 1.82) is 0 Å². The Morgan fingerprint density at radius 1 is 0.923 bits per heavy atom. The highest BCUT2D eigenvalue weighted by atomic mass is 16.6. The fraction of sp³-hybridized carbons (Fsp3) is 0.0952. The van der Waals surface area contributed by atoms with Crippen LogP contribution in [0.1, 0.15) is 18.0 Å². The molecule has 1 atom stereocenters. The van der Waals surface area contributed by atoms with Crippen LogP contribution in [0.25, 0.3) is 11.1 Å². The molecule has 0 spiro atoms. The first-order chi connectivity index (χ1) is 12.7. The van der Waals surface area contributed by atoms with Gasteiger partial charge in [0.05, 0.1) is 16.7 Å². The minimum Gasteiger partial charge on any atom is -0.258 e. The Balaban J connectivity index is 1.64. The van der Waals surface area contributed by atoms with Crippen molar-refractivity contribution >= 4 is 17.6 Å². The lowest BCUT2D eigenvalue weighted by molar-refractivity contribution is -0.384. The molecule has 0 radical (unpaired) electrons. The standard InChI is InChI=1S/C21H17N3O2/c25-24(26)19-11-9-17(10-12-19)21-13-14-22-23(21)20-8-4-7-18(15-20)16-5-2-1-3-6-16/h1-12,14-15,21H,13H2. The van der Waals surface area contributed by atoms with Gasteiger partial charge in [0.25, 0.3) is 5.69 Å². The molecule has 4 rings (SSSR count). The van der Waals surface area contributed by atoms with E-state index in [1.54, 1.807) is 12.1 Å². The summed E-state index contributed by atoms with van der Waals surface area (Å²) in [5, 5.41) is 17.4. The number of rotatable bonds is 4. The zero-order valence-corrected chi connectivity index (χ0v) is 14.0. The van der Waals surface area contributed by atoms with E-state index in [0.717, 1.165) is 28.8 Å². The Labute approximate surface area is 151 Å². The van der Waals surface area contributed by atoms with Crippen molar-refractivity contribution in [3.8, 4) is 11.1 Å². The predicted molar refractivity (Wildman–Crippen MR) is 103 cm³/mol. The normalized spacial score (nSPS) is 16.0. The Bertz CT molecular complexity index is 953. The van der Waals surface area contributed by atoms with Crippen molar-refractivity contribution < 1.29 is 4.92 Å². The van der Waals surface area contributed by atoms with Crippen LogP contribution in [0.15, 0.2) is 84.0 Å². The molecule has 1 unspecified atom stereocenters. The van der Waals surface area contributed by atoms with Crippen LogP contribution < -0.4 is 5.01 Å². The molecule has 0 saturated carbocycles. The zero-order chi connectivity index (χ0) is 17.9. The third-order valence-corrected chi connectivity index (χ3v) is 4.54. The van der Waals surface area contributed by atoms with Gasteiger partial charge >= 0.3 is 0 Å². The van der Waals surface area contributed by atoms with E-state index in [4.69, 9.17) is 0 Å². The molecule has 5 nitrogen and oxygen atoms in total. The number of nitro groups is 1. The molecule has 0 aliphatic carbocycles. The van der Waals surface area contributed by atoms with E-state index in [2.05, 4.69) is 29.4 Å². The molecule has 5 heteroatoms. The van der Waals surface area contributed by atoms with Crippen molar-refractivity contribution in [2.45, 2.75) is 12.5 Å². The Morgan fingerprint density at radius 2 is 1.65 bits per heavy atom. The SMILES string of the molecule is O=[N+]([O-])c1ccc(C2CC=NN2c2cccc(-c3ccccc3)c2)cc1. The van der Waals surface area contributed by atoms with E-state index in [0.29, 0.717) is 0 Å². The third kappa shape index (κ3) is 3.07. The van der Waals surface area contributed by atoms with E-state index < -0.39 is 0 Å². The van der Waals surface area contributed by atoms with Gasteiger partial charge in [0.2, 0.25) is 0 Å². The molecule has 3 aromatic rings. The molecular formula is C21H17N3O2. The van der Waals surface area contributed by atoms with Crippen LogP contribution in [0.3, 0.4) is 0 Å². The largest absolute Gasteiger partial charge is 0.269 e. The van der Waals surface area contributed by atoms with Crippen LogP contribution in [0.4, 0.5) is 11.4 Å². The van der Waals surface area contributed by atoms with E-state index >= 15 is 0 Å². The molecule has 0 N–H and O–H groups in total. The Morgan fingerprint density at radius 3 is 2.38 bits per heavy atom. The van der Waals surface area contributed by atoms with E-state index in [1.165, 1.54) is 0 Å². The van der Waals surface area contributed by atoms with Gasteiger partial charge in [0.1, 0.15) is 0 Å². The average Bonchev–Trinajstić information content (AvgIpc) is 3.19. The maximum atomic E-state index is 10.9. The lowest BCUT2D eigenvalue weighted by atomic mass is 10.0. The minimum atomic E-state index is -0.379. The first-order valence-corrected chi connectivity index (χ1v) is 8.44. The molecule has 0 amide bonds. The van der Waals surface area contributed by atoms with Crippen molar-refractivity contribution in [2.24, 2.45) is 5.10 Å². The highest BCUT2D eigenvalue weighted by molar-refractivity contribution is 5.72. The molecule has 128 valence electrons. The first kappa shape index (κ1) is 16.0. The lowest BCUT2D eigenvalue weighted by Crippen LogP contribution is -2.18. The maximum Gasteiger partial charge on any atom is 0.269 e. The van der Waals surface area contributed by atoms with Crippen LogP contribution in [0.5, 0.6) is 0 Å². The molecule has 1 aliphatic rings. The fourth-order valence-corrected chi connectivity index (χ4v) is 3.22. The number of hydrazone groups is 1. The van der Waals surface area contributed by atoms with Crippen molar-refractivity contribution in [3.63, 3.8) is 0 Å². The smallest absolute Gasteiger partial charge is 0.258 e. The van der Waals surface area contributed by atoms with Gasteiger partial charge in [-0.15, -0.1) is 0 Å². The monoisotopic (exact) mass is 343 g/mol. The number of hydrogen-bond donors (Lipinski definition) is 0. The van der Waals surface area contributed by atoms with E-state index in [9.17, 15) is 10.1 Å². The number of nitrogens with zero attached hydrogens (tertiary/aromatic N) is 3. The molecule has 0 saturated heterocycles. The number of nitro benzene ring substituents is 1. The van der Waals surface area contributed by atoms with E-state index in [-0.39, 0.29) is 16.7 Å². The lowest BCUT2D eigenvalue weighted by Gasteiger charge is -2.24. The zero-order valence-electron chi connectivity index (χ0n) is 14.0. The maximum absolute atomic E-state index is 10.9. The van der Waals surface area contributed by atoms with Gasteiger partial charge in [-0.05, 0) is 28.8 Å². The molecule has 0 bridgehead atoms. The Kier molecular flexibility index (Phi) is 4.19. The summed E-state index contributed by atoms with van der Waals surface area (Å²) < 4.78 is 0. The second-order valence-corrected chi connectivity index (χ2v) is 6.16. The van der Waals surface area contributed by atoms with Crippen LogP contribution in [0.2, 0.25) is 0 Å². The van der Waals surface area contributed by atoms with Crippen LogP contribution >= 0.6 is 0 Å². The highest BCUT2D eigenvalue weighted by Crippen LogP contribution is 2.35. The molecule has 3 aromatic carbocycles.